The van der Waals surface area contributed by atoms with Gasteiger partial charge in [0, 0.05) is 12.5 Å². The highest BCUT2D eigenvalue weighted by atomic mass is 16.3. The van der Waals surface area contributed by atoms with Crippen LogP contribution in [0, 0.1) is 11.8 Å². The van der Waals surface area contributed by atoms with E-state index in [1.807, 2.05) is 12.2 Å². The summed E-state index contributed by atoms with van der Waals surface area (Å²) in [5.41, 5.74) is -2.49. The van der Waals surface area contributed by atoms with Crippen LogP contribution in [0.4, 0.5) is 0 Å². The lowest BCUT2D eigenvalue weighted by Crippen LogP contribution is -2.63. The Morgan fingerprint density at radius 2 is 2.20 bits per heavy atom. The summed E-state index contributed by atoms with van der Waals surface area (Å²) < 4.78 is 0. The highest BCUT2D eigenvalue weighted by Gasteiger charge is 2.62. The van der Waals surface area contributed by atoms with Crippen molar-refractivity contribution in [1.82, 2.24) is 5.32 Å². The van der Waals surface area contributed by atoms with Crippen LogP contribution in [-0.4, -0.2) is 45.1 Å². The van der Waals surface area contributed by atoms with E-state index in [1.54, 1.807) is 13.8 Å². The number of hydrogen-bond donors (Lipinski definition) is 4. The molecule has 1 aliphatic heterocycles. The van der Waals surface area contributed by atoms with Crippen LogP contribution in [-0.2, 0) is 4.79 Å². The second-order valence-corrected chi connectivity index (χ2v) is 6.37. The Labute approximate surface area is 119 Å². The molecule has 0 aromatic rings. The number of carbonyl (C=O) groups excluding carboxylic acids is 1. The first kappa shape index (κ1) is 15.5. The molecule has 0 aromatic heterocycles. The van der Waals surface area contributed by atoms with E-state index in [1.165, 1.54) is 0 Å². The van der Waals surface area contributed by atoms with Crippen LogP contribution in [0.1, 0.15) is 39.5 Å². The SMILES string of the molecule is C[C@]1(O)[C@@H](CCO)C(=O)N[C@]1(C)[C@@H](O)[C@@H]1C=CCCC1. The van der Waals surface area contributed by atoms with Crippen LogP contribution in [0.15, 0.2) is 12.2 Å². The minimum atomic E-state index is -1.39. The third-order valence-electron chi connectivity index (χ3n) is 5.14. The highest BCUT2D eigenvalue weighted by molar-refractivity contribution is 5.84. The van der Waals surface area contributed by atoms with E-state index in [0.717, 1.165) is 19.3 Å². The van der Waals surface area contributed by atoms with Gasteiger partial charge in [0.1, 0.15) is 0 Å². The number of aliphatic hydroxyl groups is 3. The average molecular weight is 283 g/mol. The van der Waals surface area contributed by atoms with Gasteiger partial charge in [-0.1, -0.05) is 12.2 Å². The molecule has 1 saturated heterocycles. The Kier molecular flexibility index (Phi) is 4.23. The first-order valence-electron chi connectivity index (χ1n) is 7.34. The molecule has 1 amide bonds. The monoisotopic (exact) mass is 283 g/mol. The van der Waals surface area contributed by atoms with Gasteiger partial charge in [-0.3, -0.25) is 4.79 Å². The fourth-order valence-electron chi connectivity index (χ4n) is 3.53. The molecule has 1 aliphatic carbocycles. The van der Waals surface area contributed by atoms with Crippen LogP contribution >= 0.6 is 0 Å². The van der Waals surface area contributed by atoms with Gasteiger partial charge in [0.15, 0.2) is 0 Å². The number of rotatable bonds is 4. The van der Waals surface area contributed by atoms with Gasteiger partial charge in [-0.25, -0.2) is 0 Å². The topological polar surface area (TPSA) is 89.8 Å². The molecular formula is C15H25NO4. The van der Waals surface area contributed by atoms with Crippen molar-refractivity contribution in [2.24, 2.45) is 11.8 Å². The molecule has 0 bridgehead atoms. The smallest absolute Gasteiger partial charge is 0.226 e. The molecule has 20 heavy (non-hydrogen) atoms. The fourth-order valence-corrected chi connectivity index (χ4v) is 3.53. The maximum absolute atomic E-state index is 12.1. The third kappa shape index (κ3) is 2.28. The van der Waals surface area contributed by atoms with Crippen LogP contribution in [0.3, 0.4) is 0 Å². The molecule has 0 aromatic carbocycles. The summed E-state index contributed by atoms with van der Waals surface area (Å²) in [5, 5.41) is 33.3. The summed E-state index contributed by atoms with van der Waals surface area (Å²) >= 11 is 0. The molecule has 0 spiro atoms. The van der Waals surface area contributed by atoms with Crippen LogP contribution in [0.2, 0.25) is 0 Å². The lowest BCUT2D eigenvalue weighted by atomic mass is 9.69. The van der Waals surface area contributed by atoms with Crippen LogP contribution in [0.25, 0.3) is 0 Å². The first-order chi connectivity index (χ1) is 9.34. The van der Waals surface area contributed by atoms with Crippen LogP contribution < -0.4 is 5.32 Å². The summed E-state index contributed by atoms with van der Waals surface area (Å²) in [7, 11) is 0. The predicted octanol–water partition coefficient (Wildman–Crippen LogP) is 0.342. The zero-order valence-electron chi connectivity index (χ0n) is 12.2. The summed E-state index contributed by atoms with van der Waals surface area (Å²) in [6.45, 7) is 3.10. The first-order valence-corrected chi connectivity index (χ1v) is 7.34. The molecule has 2 aliphatic rings. The zero-order chi connectivity index (χ0) is 15.0. The molecule has 0 saturated carbocycles. The minimum absolute atomic E-state index is 0.0617. The maximum Gasteiger partial charge on any atom is 0.226 e. The molecule has 2 rings (SSSR count). The normalized spacial score (nSPS) is 42.5. The number of nitrogens with one attached hydrogen (secondary N) is 1. The molecule has 5 atom stereocenters. The second kappa shape index (κ2) is 5.47. The molecule has 0 radical (unpaired) electrons. The van der Waals surface area contributed by atoms with Gasteiger partial charge in [0.25, 0.3) is 0 Å². The van der Waals surface area contributed by atoms with Crippen LogP contribution in [0.5, 0.6) is 0 Å². The van der Waals surface area contributed by atoms with Crippen molar-refractivity contribution in [2.45, 2.75) is 56.8 Å². The molecule has 5 nitrogen and oxygen atoms in total. The number of allylic oxidation sites excluding steroid dienone is 1. The van der Waals surface area contributed by atoms with Crippen molar-refractivity contribution < 1.29 is 20.1 Å². The molecule has 0 unspecified atom stereocenters. The fraction of sp³-hybridized carbons (Fsp3) is 0.800. The van der Waals surface area contributed by atoms with Gasteiger partial charge in [0.05, 0.1) is 23.2 Å². The Morgan fingerprint density at radius 1 is 1.50 bits per heavy atom. The van der Waals surface area contributed by atoms with Gasteiger partial charge in [-0.2, -0.15) is 0 Å². The highest BCUT2D eigenvalue weighted by Crippen LogP contribution is 2.43. The second-order valence-electron chi connectivity index (χ2n) is 6.37. The van der Waals surface area contributed by atoms with Gasteiger partial charge >= 0.3 is 0 Å². The van der Waals surface area contributed by atoms with Crippen molar-refractivity contribution >= 4 is 5.91 Å². The lowest BCUT2D eigenvalue weighted by molar-refractivity contribution is -0.126. The van der Waals surface area contributed by atoms with E-state index in [9.17, 15) is 15.0 Å². The summed E-state index contributed by atoms with van der Waals surface area (Å²) in [5.74, 6) is -1.06. The number of amides is 1. The van der Waals surface area contributed by atoms with Crippen molar-refractivity contribution in [1.29, 1.82) is 0 Å². The lowest BCUT2D eigenvalue weighted by Gasteiger charge is -2.44. The van der Waals surface area contributed by atoms with E-state index in [2.05, 4.69) is 5.32 Å². The Balaban J connectivity index is 2.26. The van der Waals surface area contributed by atoms with E-state index in [0.29, 0.717) is 0 Å². The molecule has 114 valence electrons. The van der Waals surface area contributed by atoms with E-state index in [4.69, 9.17) is 5.11 Å². The Bertz CT molecular complexity index is 407. The number of hydrogen-bond acceptors (Lipinski definition) is 4. The van der Waals surface area contributed by atoms with Crippen molar-refractivity contribution in [2.75, 3.05) is 6.61 Å². The van der Waals surface area contributed by atoms with Crippen molar-refractivity contribution in [3.8, 4) is 0 Å². The van der Waals surface area contributed by atoms with E-state index < -0.39 is 23.2 Å². The summed E-state index contributed by atoms with van der Waals surface area (Å²) in [4.78, 5) is 12.1. The van der Waals surface area contributed by atoms with Gasteiger partial charge in [0.2, 0.25) is 5.91 Å². The summed E-state index contributed by atoms with van der Waals surface area (Å²) in [6, 6.07) is 0. The number of carbonyl (C=O) groups is 1. The average Bonchev–Trinajstić information content (AvgIpc) is 2.60. The Morgan fingerprint density at radius 3 is 2.75 bits per heavy atom. The molecular weight excluding hydrogens is 258 g/mol. The largest absolute Gasteiger partial charge is 0.396 e. The molecule has 4 N–H and O–H groups in total. The van der Waals surface area contributed by atoms with E-state index >= 15 is 0 Å². The van der Waals surface area contributed by atoms with Crippen molar-refractivity contribution in [3.63, 3.8) is 0 Å². The van der Waals surface area contributed by atoms with Gasteiger partial charge in [-0.15, -0.1) is 0 Å². The van der Waals surface area contributed by atoms with E-state index in [-0.39, 0.29) is 24.9 Å². The maximum atomic E-state index is 12.1. The van der Waals surface area contributed by atoms with Gasteiger partial charge in [-0.05, 0) is 39.5 Å². The zero-order valence-corrected chi connectivity index (χ0v) is 12.2. The molecule has 5 heteroatoms. The Hall–Kier alpha value is -0.910. The number of aliphatic hydroxyl groups excluding tert-OH is 2. The predicted molar refractivity (Wildman–Crippen MR) is 74.9 cm³/mol. The standard InChI is InChI=1S/C15H25NO4/c1-14(12(18)10-6-4-3-5-7-10)15(2,20)11(8-9-17)13(19)16-14/h4,6,10-12,17-18,20H,3,5,7-9H2,1-2H3,(H,16,19)/t10-,11+,12+,14-,15+/m1/s1. The minimum Gasteiger partial charge on any atom is -0.396 e. The molecule has 1 fully saturated rings. The quantitative estimate of drug-likeness (QED) is 0.560. The molecule has 1 heterocycles. The third-order valence-corrected chi connectivity index (χ3v) is 5.14. The summed E-state index contributed by atoms with van der Waals surface area (Å²) in [6.07, 6.45) is 6.23. The van der Waals surface area contributed by atoms with Crippen molar-refractivity contribution in [3.05, 3.63) is 12.2 Å². The van der Waals surface area contributed by atoms with Gasteiger partial charge < -0.3 is 20.6 Å².